The van der Waals surface area contributed by atoms with Gasteiger partial charge in [0, 0.05) is 23.6 Å². The van der Waals surface area contributed by atoms with Gasteiger partial charge in [-0.05, 0) is 60.6 Å². The summed E-state index contributed by atoms with van der Waals surface area (Å²) in [6, 6.07) is 17.2. The van der Waals surface area contributed by atoms with Crippen LogP contribution < -0.4 is 0 Å². The average molecular weight is 354 g/mol. The molecule has 0 unspecified atom stereocenters. The van der Waals surface area contributed by atoms with Crippen molar-refractivity contribution in [3.63, 3.8) is 0 Å². The van der Waals surface area contributed by atoms with Gasteiger partial charge in [0.25, 0.3) is 0 Å². The van der Waals surface area contributed by atoms with Crippen LogP contribution >= 0.6 is 0 Å². The van der Waals surface area contributed by atoms with Gasteiger partial charge in [0.1, 0.15) is 6.07 Å². The molecule has 0 N–H and O–H groups in total. The minimum absolute atomic E-state index is 0.636. The Morgan fingerprint density at radius 3 is 2.37 bits per heavy atom. The number of nitriles is 1. The zero-order chi connectivity index (χ0) is 19.6. The van der Waals surface area contributed by atoms with Crippen LogP contribution in [0.25, 0.3) is 22.4 Å². The molecule has 2 aromatic carbocycles. The van der Waals surface area contributed by atoms with Crippen molar-refractivity contribution < 1.29 is 0 Å². The summed E-state index contributed by atoms with van der Waals surface area (Å²) in [7, 11) is 0. The molecule has 136 valence electrons. The Hall–Kier alpha value is -3.05. The topological polar surface area (TPSA) is 28.7 Å². The van der Waals surface area contributed by atoms with Crippen molar-refractivity contribution in [2.24, 2.45) is 5.92 Å². The number of aromatic nitrogens is 1. The Labute approximate surface area is 162 Å². The van der Waals surface area contributed by atoms with E-state index in [1.54, 1.807) is 0 Å². The normalized spacial score (nSPS) is 10.8. The van der Waals surface area contributed by atoms with Crippen molar-refractivity contribution >= 4 is 5.57 Å². The molecule has 0 atom stereocenters. The van der Waals surface area contributed by atoms with Gasteiger partial charge in [-0.15, -0.1) is 0 Å². The molecule has 3 rings (SSSR count). The van der Waals surface area contributed by atoms with Crippen LogP contribution in [0.4, 0.5) is 0 Å². The largest absolute Gasteiger partial charge is 0.322 e. The van der Waals surface area contributed by atoms with Crippen LogP contribution in [0.5, 0.6) is 0 Å². The van der Waals surface area contributed by atoms with Gasteiger partial charge in [-0.3, -0.25) is 0 Å². The third kappa shape index (κ3) is 4.04. The molecule has 3 aromatic rings. The Morgan fingerprint density at radius 2 is 1.81 bits per heavy atom. The van der Waals surface area contributed by atoms with Crippen molar-refractivity contribution in [2.75, 3.05) is 0 Å². The summed E-state index contributed by atoms with van der Waals surface area (Å²) in [5, 5.41) is 9.61. The maximum absolute atomic E-state index is 9.61. The van der Waals surface area contributed by atoms with Crippen LogP contribution in [-0.2, 0) is 6.42 Å². The second-order valence-corrected chi connectivity index (χ2v) is 7.68. The highest BCUT2D eigenvalue weighted by atomic mass is 14.9. The molecule has 1 aromatic heterocycles. The van der Waals surface area contributed by atoms with Gasteiger partial charge < -0.3 is 4.57 Å². The molecule has 2 heteroatoms. The summed E-state index contributed by atoms with van der Waals surface area (Å²) >= 11 is 0. The molecular weight excluding hydrogens is 328 g/mol. The van der Waals surface area contributed by atoms with Gasteiger partial charge in [-0.25, -0.2) is 0 Å². The van der Waals surface area contributed by atoms with Gasteiger partial charge in [0.05, 0.1) is 5.56 Å². The number of hydrogen-bond donors (Lipinski definition) is 0. The second kappa shape index (κ2) is 7.68. The standard InChI is InChI=1S/C25H26N2/c1-17(2)12-20-6-8-21(9-7-20)25-16-27(15-22(25)14-26)23-10-11-24(18(3)4)19(5)13-23/h6-11,13,15-17H,3,12H2,1-2,4-5H3. The molecule has 0 bridgehead atoms. The molecule has 0 saturated carbocycles. The molecule has 0 fully saturated rings. The van der Waals surface area contributed by atoms with Gasteiger partial charge in [0.15, 0.2) is 0 Å². The first-order valence-electron chi connectivity index (χ1n) is 9.37. The first-order chi connectivity index (χ1) is 12.9. The van der Waals surface area contributed by atoms with Crippen molar-refractivity contribution in [2.45, 2.75) is 34.1 Å². The van der Waals surface area contributed by atoms with Crippen molar-refractivity contribution in [1.29, 1.82) is 5.26 Å². The molecule has 0 spiro atoms. The van der Waals surface area contributed by atoms with Crippen LogP contribution in [0.1, 0.15) is 43.0 Å². The number of allylic oxidation sites excluding steroid dienone is 1. The van der Waals surface area contributed by atoms with E-state index in [2.05, 4.69) is 75.9 Å². The minimum Gasteiger partial charge on any atom is -0.322 e. The molecule has 0 amide bonds. The molecule has 1 heterocycles. The highest BCUT2D eigenvalue weighted by molar-refractivity contribution is 5.71. The number of hydrogen-bond acceptors (Lipinski definition) is 1. The van der Waals surface area contributed by atoms with Crippen LogP contribution in [0.15, 0.2) is 61.4 Å². The molecule has 0 aliphatic rings. The van der Waals surface area contributed by atoms with E-state index >= 15 is 0 Å². The van der Waals surface area contributed by atoms with E-state index in [0.717, 1.165) is 28.8 Å². The fraction of sp³-hybridized carbons (Fsp3) is 0.240. The predicted octanol–water partition coefficient (Wildman–Crippen LogP) is 6.56. The Morgan fingerprint density at radius 1 is 1.11 bits per heavy atom. The van der Waals surface area contributed by atoms with Gasteiger partial charge >= 0.3 is 0 Å². The van der Waals surface area contributed by atoms with Crippen LogP contribution in [0, 0.1) is 24.2 Å². The highest BCUT2D eigenvalue weighted by Gasteiger charge is 2.11. The quantitative estimate of drug-likeness (QED) is 0.510. The highest BCUT2D eigenvalue weighted by Crippen LogP contribution is 2.28. The second-order valence-electron chi connectivity index (χ2n) is 7.68. The average Bonchev–Trinajstić information content (AvgIpc) is 3.06. The van der Waals surface area contributed by atoms with Gasteiger partial charge in [0.2, 0.25) is 0 Å². The van der Waals surface area contributed by atoms with E-state index in [1.165, 1.54) is 16.7 Å². The predicted molar refractivity (Wildman–Crippen MR) is 114 cm³/mol. The number of aryl methyl sites for hydroxylation is 1. The lowest BCUT2D eigenvalue weighted by Gasteiger charge is -2.09. The maximum atomic E-state index is 9.61. The number of benzene rings is 2. The molecule has 0 aliphatic heterocycles. The SMILES string of the molecule is C=C(C)c1ccc(-n2cc(C#N)c(-c3ccc(CC(C)C)cc3)c2)cc1C. The summed E-state index contributed by atoms with van der Waals surface area (Å²) in [6.07, 6.45) is 5.03. The van der Waals surface area contributed by atoms with E-state index in [9.17, 15) is 5.26 Å². The Bertz CT molecular complexity index is 1010. The summed E-state index contributed by atoms with van der Waals surface area (Å²) in [5.41, 5.74) is 8.54. The number of rotatable bonds is 5. The van der Waals surface area contributed by atoms with E-state index in [1.807, 2.05) is 23.9 Å². The lowest BCUT2D eigenvalue weighted by molar-refractivity contribution is 0.647. The fourth-order valence-electron chi connectivity index (χ4n) is 3.50. The summed E-state index contributed by atoms with van der Waals surface area (Å²) < 4.78 is 2.03. The third-order valence-electron chi connectivity index (χ3n) is 4.82. The number of nitrogens with zero attached hydrogens (tertiary/aromatic N) is 2. The lowest BCUT2D eigenvalue weighted by atomic mass is 9.99. The van der Waals surface area contributed by atoms with Crippen LogP contribution in [0.2, 0.25) is 0 Å². The smallest absolute Gasteiger partial charge is 0.101 e. The Balaban J connectivity index is 1.98. The van der Waals surface area contributed by atoms with Gasteiger partial charge in [-0.1, -0.05) is 56.3 Å². The van der Waals surface area contributed by atoms with E-state index in [4.69, 9.17) is 0 Å². The summed E-state index contributed by atoms with van der Waals surface area (Å²) in [6.45, 7) is 12.6. The Kier molecular flexibility index (Phi) is 5.33. The van der Waals surface area contributed by atoms with E-state index in [0.29, 0.717) is 11.5 Å². The molecule has 27 heavy (non-hydrogen) atoms. The zero-order valence-corrected chi connectivity index (χ0v) is 16.6. The van der Waals surface area contributed by atoms with Gasteiger partial charge in [-0.2, -0.15) is 5.26 Å². The molecule has 0 radical (unpaired) electrons. The molecule has 2 nitrogen and oxygen atoms in total. The van der Waals surface area contributed by atoms with Crippen LogP contribution in [-0.4, -0.2) is 4.57 Å². The first kappa shape index (κ1) is 18.7. The minimum atomic E-state index is 0.636. The monoisotopic (exact) mass is 354 g/mol. The van der Waals surface area contributed by atoms with Crippen molar-refractivity contribution in [3.05, 3.63) is 83.7 Å². The first-order valence-corrected chi connectivity index (χ1v) is 9.37. The fourth-order valence-corrected chi connectivity index (χ4v) is 3.50. The third-order valence-corrected chi connectivity index (χ3v) is 4.82. The molecule has 0 aliphatic carbocycles. The maximum Gasteiger partial charge on any atom is 0.101 e. The van der Waals surface area contributed by atoms with Crippen molar-refractivity contribution in [1.82, 2.24) is 4.57 Å². The zero-order valence-electron chi connectivity index (χ0n) is 16.6. The molecular formula is C25H26N2. The van der Waals surface area contributed by atoms with Crippen molar-refractivity contribution in [3.8, 4) is 22.9 Å². The molecule has 0 saturated heterocycles. The lowest BCUT2D eigenvalue weighted by Crippen LogP contribution is -1.93. The van der Waals surface area contributed by atoms with E-state index in [-0.39, 0.29) is 0 Å². The summed E-state index contributed by atoms with van der Waals surface area (Å²) in [4.78, 5) is 0. The van der Waals surface area contributed by atoms with Crippen LogP contribution in [0.3, 0.4) is 0 Å². The summed E-state index contributed by atoms with van der Waals surface area (Å²) in [5.74, 6) is 0.636. The van der Waals surface area contributed by atoms with E-state index < -0.39 is 0 Å².